The third kappa shape index (κ3) is 2.75. The first-order valence-electron chi connectivity index (χ1n) is 9.89. The van der Waals surface area contributed by atoms with E-state index in [1.54, 1.807) is 6.20 Å². The first kappa shape index (κ1) is 16.1. The molecule has 5 nitrogen and oxygen atoms in total. The molecule has 1 aromatic carbocycles. The molecule has 0 radical (unpaired) electrons. The topological polar surface area (TPSA) is 50.2 Å². The molecule has 136 valence electrons. The minimum atomic E-state index is 0.176. The molecule has 2 saturated heterocycles. The van der Waals surface area contributed by atoms with Crippen LogP contribution in [0.25, 0.3) is 5.69 Å². The Morgan fingerprint density at radius 1 is 1.12 bits per heavy atom. The lowest BCUT2D eigenvalue weighted by atomic mass is 9.78. The van der Waals surface area contributed by atoms with E-state index >= 15 is 0 Å². The van der Waals surface area contributed by atoms with Gasteiger partial charge in [0.15, 0.2) is 0 Å². The van der Waals surface area contributed by atoms with Gasteiger partial charge in [0.1, 0.15) is 0 Å². The number of carbonyl (C=O) groups excluding carboxylic acids is 1. The summed E-state index contributed by atoms with van der Waals surface area (Å²) < 4.78 is 1.98. The minimum absolute atomic E-state index is 0.176. The van der Waals surface area contributed by atoms with Crippen LogP contribution >= 0.6 is 0 Å². The Morgan fingerprint density at radius 3 is 2.54 bits per heavy atom. The SMILES string of the molecule is O=C(c1cnn(-c2ccccc2)c1C1CC1)N1CCC2(CCNC2)CC1. The highest BCUT2D eigenvalue weighted by Crippen LogP contribution is 2.43. The summed E-state index contributed by atoms with van der Waals surface area (Å²) in [5, 5.41) is 8.09. The maximum atomic E-state index is 13.3. The fourth-order valence-corrected chi connectivity index (χ4v) is 4.62. The Balaban J connectivity index is 1.40. The Kier molecular flexibility index (Phi) is 3.85. The minimum Gasteiger partial charge on any atom is -0.338 e. The summed E-state index contributed by atoms with van der Waals surface area (Å²) in [6.45, 7) is 4.00. The van der Waals surface area contributed by atoms with Gasteiger partial charge in [-0.25, -0.2) is 4.68 Å². The quantitative estimate of drug-likeness (QED) is 0.926. The predicted octanol–water partition coefficient (Wildman–Crippen LogP) is 2.97. The molecule has 0 atom stereocenters. The van der Waals surface area contributed by atoms with Crippen LogP contribution in [0.5, 0.6) is 0 Å². The number of nitrogens with zero attached hydrogens (tertiary/aromatic N) is 3. The van der Waals surface area contributed by atoms with Crippen LogP contribution < -0.4 is 5.32 Å². The number of amides is 1. The number of nitrogens with one attached hydrogen (secondary N) is 1. The molecule has 0 bridgehead atoms. The predicted molar refractivity (Wildman–Crippen MR) is 101 cm³/mol. The molecule has 1 aliphatic carbocycles. The second-order valence-electron chi connectivity index (χ2n) is 8.18. The molecule has 3 aliphatic rings. The number of hydrogen-bond acceptors (Lipinski definition) is 3. The van der Waals surface area contributed by atoms with E-state index in [2.05, 4.69) is 27.4 Å². The zero-order chi connectivity index (χ0) is 17.6. The highest BCUT2D eigenvalue weighted by atomic mass is 16.2. The van der Waals surface area contributed by atoms with Crippen molar-refractivity contribution >= 4 is 5.91 Å². The van der Waals surface area contributed by atoms with Crippen molar-refractivity contribution in [2.75, 3.05) is 26.2 Å². The fraction of sp³-hybridized carbons (Fsp3) is 0.524. The molecule has 5 rings (SSSR count). The summed E-state index contributed by atoms with van der Waals surface area (Å²) in [5.41, 5.74) is 3.41. The van der Waals surface area contributed by atoms with Gasteiger partial charge in [0.2, 0.25) is 0 Å². The van der Waals surface area contributed by atoms with Crippen molar-refractivity contribution in [3.05, 3.63) is 47.8 Å². The molecule has 2 aliphatic heterocycles. The highest BCUT2D eigenvalue weighted by molar-refractivity contribution is 5.95. The van der Waals surface area contributed by atoms with Gasteiger partial charge >= 0.3 is 0 Å². The largest absolute Gasteiger partial charge is 0.338 e. The van der Waals surface area contributed by atoms with E-state index < -0.39 is 0 Å². The number of para-hydroxylation sites is 1. The lowest BCUT2D eigenvalue weighted by Crippen LogP contribution is -2.44. The first-order chi connectivity index (χ1) is 12.8. The van der Waals surface area contributed by atoms with Gasteiger partial charge in [-0.3, -0.25) is 4.79 Å². The number of aromatic nitrogens is 2. The van der Waals surface area contributed by atoms with Crippen molar-refractivity contribution in [2.24, 2.45) is 5.41 Å². The lowest BCUT2D eigenvalue weighted by molar-refractivity contribution is 0.0606. The molecular weight excluding hydrogens is 324 g/mol. The third-order valence-electron chi connectivity index (χ3n) is 6.45. The summed E-state index contributed by atoms with van der Waals surface area (Å²) in [4.78, 5) is 15.3. The van der Waals surface area contributed by atoms with Crippen molar-refractivity contribution < 1.29 is 4.79 Å². The summed E-state index contributed by atoms with van der Waals surface area (Å²) in [7, 11) is 0. The van der Waals surface area contributed by atoms with Crippen LogP contribution in [0.15, 0.2) is 36.5 Å². The second kappa shape index (κ2) is 6.23. The standard InChI is InChI=1S/C21H26N4O/c26-20(24-12-9-21(10-13-24)8-11-22-15-21)18-14-23-25(19(18)16-6-7-16)17-4-2-1-3-5-17/h1-5,14,16,22H,6-13,15H2. The maximum absolute atomic E-state index is 13.3. The van der Waals surface area contributed by atoms with Gasteiger partial charge < -0.3 is 10.2 Å². The van der Waals surface area contributed by atoms with Gasteiger partial charge in [0, 0.05) is 25.6 Å². The van der Waals surface area contributed by atoms with Gasteiger partial charge in [0.25, 0.3) is 5.91 Å². The van der Waals surface area contributed by atoms with Crippen LogP contribution in [0, 0.1) is 5.41 Å². The van der Waals surface area contributed by atoms with E-state index in [4.69, 9.17) is 0 Å². The van der Waals surface area contributed by atoms with Crippen molar-refractivity contribution in [2.45, 2.75) is 38.0 Å². The van der Waals surface area contributed by atoms with Crippen LogP contribution in [0.1, 0.15) is 54.1 Å². The van der Waals surface area contributed by atoms with E-state index in [-0.39, 0.29) is 5.91 Å². The van der Waals surface area contributed by atoms with Crippen LogP contribution in [-0.2, 0) is 0 Å². The maximum Gasteiger partial charge on any atom is 0.257 e. The first-order valence-corrected chi connectivity index (χ1v) is 9.89. The average molecular weight is 350 g/mol. The van der Waals surface area contributed by atoms with Gasteiger partial charge in [-0.2, -0.15) is 5.10 Å². The van der Waals surface area contributed by atoms with E-state index in [0.29, 0.717) is 11.3 Å². The number of rotatable bonds is 3. The molecule has 2 aromatic rings. The van der Waals surface area contributed by atoms with Crippen molar-refractivity contribution in [1.82, 2.24) is 20.0 Å². The average Bonchev–Trinajstić information content (AvgIpc) is 3.27. The molecule has 1 spiro atoms. The summed E-state index contributed by atoms with van der Waals surface area (Å²) in [5.74, 6) is 0.654. The smallest absolute Gasteiger partial charge is 0.257 e. The van der Waals surface area contributed by atoms with Gasteiger partial charge in [-0.05, 0) is 56.2 Å². The Labute approximate surface area is 154 Å². The van der Waals surface area contributed by atoms with Gasteiger partial charge in [-0.15, -0.1) is 0 Å². The molecule has 3 fully saturated rings. The zero-order valence-corrected chi connectivity index (χ0v) is 15.2. The second-order valence-corrected chi connectivity index (χ2v) is 8.18. The molecule has 1 N–H and O–H groups in total. The molecule has 3 heterocycles. The fourth-order valence-electron chi connectivity index (χ4n) is 4.62. The molecule has 1 aromatic heterocycles. The number of likely N-dealkylation sites (tertiary alicyclic amines) is 1. The summed E-state index contributed by atoms with van der Waals surface area (Å²) in [6, 6.07) is 10.2. The van der Waals surface area contributed by atoms with Crippen LogP contribution in [0.4, 0.5) is 0 Å². The normalized spacial score (nSPS) is 22.1. The molecule has 1 saturated carbocycles. The number of benzene rings is 1. The molecular formula is C21H26N4O. The van der Waals surface area contributed by atoms with E-state index in [1.807, 2.05) is 22.9 Å². The van der Waals surface area contributed by atoms with Gasteiger partial charge in [0.05, 0.1) is 23.1 Å². The monoisotopic (exact) mass is 350 g/mol. The Hall–Kier alpha value is -2.14. The van der Waals surface area contributed by atoms with E-state index in [0.717, 1.165) is 68.8 Å². The van der Waals surface area contributed by atoms with Crippen molar-refractivity contribution in [3.63, 3.8) is 0 Å². The molecule has 5 heteroatoms. The zero-order valence-electron chi connectivity index (χ0n) is 15.2. The molecule has 0 unspecified atom stereocenters. The Morgan fingerprint density at radius 2 is 1.88 bits per heavy atom. The molecule has 1 amide bonds. The van der Waals surface area contributed by atoms with E-state index in [9.17, 15) is 4.79 Å². The van der Waals surface area contributed by atoms with Crippen LogP contribution in [0.2, 0.25) is 0 Å². The number of hydrogen-bond donors (Lipinski definition) is 1. The highest BCUT2D eigenvalue weighted by Gasteiger charge is 2.40. The van der Waals surface area contributed by atoms with Crippen LogP contribution in [0.3, 0.4) is 0 Å². The van der Waals surface area contributed by atoms with Gasteiger partial charge in [-0.1, -0.05) is 18.2 Å². The third-order valence-corrected chi connectivity index (χ3v) is 6.45. The van der Waals surface area contributed by atoms with E-state index in [1.165, 1.54) is 6.42 Å². The molecule has 26 heavy (non-hydrogen) atoms. The number of carbonyl (C=O) groups is 1. The number of piperidine rings is 1. The summed E-state index contributed by atoms with van der Waals surface area (Å²) >= 11 is 0. The Bertz CT molecular complexity index is 793. The summed E-state index contributed by atoms with van der Waals surface area (Å²) in [6.07, 6.45) is 7.62. The lowest BCUT2D eigenvalue weighted by Gasteiger charge is -2.38. The van der Waals surface area contributed by atoms with Crippen molar-refractivity contribution in [1.29, 1.82) is 0 Å². The van der Waals surface area contributed by atoms with Crippen molar-refractivity contribution in [3.8, 4) is 5.69 Å². The van der Waals surface area contributed by atoms with Crippen LogP contribution in [-0.4, -0.2) is 46.8 Å².